The summed E-state index contributed by atoms with van der Waals surface area (Å²) in [6.07, 6.45) is -23.8. The molecule has 5 aliphatic carbocycles. The van der Waals surface area contributed by atoms with Gasteiger partial charge in [0.2, 0.25) is 0 Å². The van der Waals surface area contributed by atoms with E-state index in [9.17, 15) is 76.6 Å². The second kappa shape index (κ2) is 20.1. The van der Waals surface area contributed by atoms with Gasteiger partial charge in [-0.25, -0.2) is 0 Å². The second-order valence-electron chi connectivity index (χ2n) is 25.8. The lowest BCUT2D eigenvalue weighted by Gasteiger charge is -2.71. The van der Waals surface area contributed by atoms with Gasteiger partial charge in [0.05, 0.1) is 37.4 Å². The minimum atomic E-state index is -3.51. The Kier molecular flexibility index (Phi) is 15.6. The van der Waals surface area contributed by atoms with Gasteiger partial charge in [0.1, 0.15) is 67.1 Å². The third-order valence-corrected chi connectivity index (χ3v) is 22.0. The zero-order valence-electron chi connectivity index (χ0n) is 44.7. The number of aliphatic hydroxyl groups is 15. The largest absolute Gasteiger partial charge is 0.426 e. The maximum Gasteiger partial charge on any atom is 0.315 e. The molecule has 29 atom stereocenters. The van der Waals surface area contributed by atoms with Gasteiger partial charge in [-0.15, -0.1) is 0 Å². The molecule has 76 heavy (non-hydrogen) atoms. The number of hydrogen-bond donors (Lipinski definition) is 15. The Hall–Kier alpha value is -1.63. The van der Waals surface area contributed by atoms with Crippen LogP contribution >= 0.6 is 0 Å². The highest BCUT2D eigenvalue weighted by molar-refractivity contribution is 5.79. The predicted molar refractivity (Wildman–Crippen MR) is 258 cm³/mol. The first kappa shape index (κ1) is 59.0. The number of carbonyl (C=O) groups is 1. The molecule has 0 radical (unpaired) electrons. The van der Waals surface area contributed by atoms with Crippen LogP contribution in [0.5, 0.6) is 0 Å². The maximum absolute atomic E-state index is 15.9. The first-order chi connectivity index (χ1) is 35.3. The summed E-state index contributed by atoms with van der Waals surface area (Å²) in [6.45, 7) is 14.3. The van der Waals surface area contributed by atoms with Crippen molar-refractivity contribution in [3.63, 3.8) is 0 Å². The molecule has 4 saturated heterocycles. The summed E-state index contributed by atoms with van der Waals surface area (Å²) in [4.78, 5) is 15.9. The quantitative estimate of drug-likeness (QED) is 0.0492. The Morgan fingerprint density at radius 3 is 2.07 bits per heavy atom. The molecule has 4 saturated carbocycles. The van der Waals surface area contributed by atoms with E-state index in [0.29, 0.717) is 25.7 Å². The van der Waals surface area contributed by atoms with Crippen LogP contribution in [-0.2, 0) is 38.0 Å². The van der Waals surface area contributed by atoms with Crippen molar-refractivity contribution in [1.82, 2.24) is 0 Å². The number of rotatable bonds is 9. The predicted octanol–water partition coefficient (Wildman–Crippen LogP) is -2.48. The standard InChI is InChI=1S/C53H86O23/c1-22-11-16-50(18-17-48(7)25(32(50)23(22)2)9-10-29-47(6)14-13-30(46(4,5)28(47)12-15-49(29,48)8)73-44-39(62)34(57)26(55)20-70-44)45(67)76-52(40(63)37(60)33(56)24(3)74-52)51(68)31(19-54)75-53(69,42(65)41(51)64)71-21-27-35(58)36(59)38(61)43(66)72-27/h9,22-24,26-44,54-66,68-69H,10-21H2,1-8H3/t22-,23+,24-,26+,27?,28?,29?,30+,31?,32+,33-,34+,35+,36?,37+,38+,39-,40+,41?,42+,43+,44?,47+,48-,49-,50+,51+,52?,53+/m1/s1. The van der Waals surface area contributed by atoms with E-state index in [2.05, 4.69) is 54.5 Å². The average molecular weight is 1090 g/mol. The fourth-order valence-electron chi connectivity index (χ4n) is 17.0. The van der Waals surface area contributed by atoms with Crippen molar-refractivity contribution in [3.05, 3.63) is 11.6 Å². The van der Waals surface area contributed by atoms with Gasteiger partial charge in [0.15, 0.2) is 30.4 Å². The summed E-state index contributed by atoms with van der Waals surface area (Å²) in [5.41, 5.74) is -5.18. The molecular weight excluding hydrogens is 1000 g/mol. The molecule has 0 bridgehead atoms. The topological polar surface area (TPSA) is 385 Å². The van der Waals surface area contributed by atoms with Crippen molar-refractivity contribution >= 4 is 5.97 Å². The highest BCUT2D eigenvalue weighted by Gasteiger charge is 2.78. The van der Waals surface area contributed by atoms with Crippen LogP contribution in [0.15, 0.2) is 11.6 Å². The molecule has 8 fully saturated rings. The zero-order chi connectivity index (χ0) is 56.0. The molecule has 23 nitrogen and oxygen atoms in total. The number of hydrogen-bond acceptors (Lipinski definition) is 23. The van der Waals surface area contributed by atoms with Gasteiger partial charge in [-0.05, 0) is 116 Å². The Labute approximate surface area is 442 Å². The molecule has 9 aliphatic rings. The fraction of sp³-hybridized carbons (Fsp3) is 0.943. The molecule has 8 unspecified atom stereocenters. The minimum Gasteiger partial charge on any atom is -0.426 e. The van der Waals surface area contributed by atoms with E-state index in [4.69, 9.17) is 33.2 Å². The first-order valence-electron chi connectivity index (χ1n) is 27.4. The number of esters is 1. The first-order valence-corrected chi connectivity index (χ1v) is 27.4. The van der Waals surface area contributed by atoms with Crippen molar-refractivity contribution in [2.24, 2.45) is 56.7 Å². The van der Waals surface area contributed by atoms with E-state index in [0.717, 1.165) is 24.8 Å². The monoisotopic (exact) mass is 1090 g/mol. The van der Waals surface area contributed by atoms with E-state index >= 15 is 4.79 Å². The smallest absolute Gasteiger partial charge is 0.315 e. The number of carbonyl (C=O) groups excluding carboxylic acids is 1. The summed E-state index contributed by atoms with van der Waals surface area (Å²) in [5.74, 6) is -8.00. The van der Waals surface area contributed by atoms with Gasteiger partial charge in [-0.1, -0.05) is 60.1 Å². The van der Waals surface area contributed by atoms with Crippen LogP contribution in [0.1, 0.15) is 113 Å². The summed E-state index contributed by atoms with van der Waals surface area (Å²) in [7, 11) is 0. The summed E-state index contributed by atoms with van der Waals surface area (Å²) < 4.78 is 40.8. The second-order valence-corrected chi connectivity index (χ2v) is 25.8. The molecule has 23 heteroatoms. The molecule has 0 amide bonds. The van der Waals surface area contributed by atoms with Gasteiger partial charge in [0, 0.05) is 0 Å². The number of allylic oxidation sites excluding steroid dienone is 2. The van der Waals surface area contributed by atoms with Crippen LogP contribution in [0.3, 0.4) is 0 Å². The van der Waals surface area contributed by atoms with E-state index in [1.807, 2.05) is 0 Å². The zero-order valence-corrected chi connectivity index (χ0v) is 44.7. The van der Waals surface area contributed by atoms with Crippen LogP contribution in [0.4, 0.5) is 0 Å². The Morgan fingerprint density at radius 1 is 0.711 bits per heavy atom. The van der Waals surface area contributed by atoms with E-state index in [-0.39, 0.29) is 60.1 Å². The molecular formula is C53H86O23. The van der Waals surface area contributed by atoms with Crippen molar-refractivity contribution in [2.75, 3.05) is 19.8 Å². The SMILES string of the molecule is C[C@H]1[C@H](C)CC[C@]2(C(=O)OC3([C@]4(O)C(CO)O[C@@](O)(OCC5O[C@H](O)[C@@H](O)C(O)[C@H]5O)[C@@H](O)C4O)O[C@H](C)[C@@H](O)[C@H](O)[C@@H]3O)CC[C@]3(C)C(=CCC4[C@@]5(C)CC[C@H](OC6OC[C@H](O)[C@H](O)[C@H]6O)C(C)(C)C5CC[C@]43C)[C@H]12. The molecule has 15 N–H and O–H groups in total. The van der Waals surface area contributed by atoms with Crippen molar-refractivity contribution in [3.8, 4) is 0 Å². The lowest BCUT2D eigenvalue weighted by Crippen LogP contribution is -2.85. The summed E-state index contributed by atoms with van der Waals surface area (Å²) >= 11 is 0. The molecule has 9 rings (SSSR count). The van der Waals surface area contributed by atoms with Crippen LogP contribution < -0.4 is 0 Å². The minimum absolute atomic E-state index is 0.101. The lowest BCUT2D eigenvalue weighted by molar-refractivity contribution is -0.504. The van der Waals surface area contributed by atoms with Crippen LogP contribution in [0.2, 0.25) is 0 Å². The van der Waals surface area contributed by atoms with E-state index in [1.165, 1.54) is 6.92 Å². The molecule has 436 valence electrons. The maximum atomic E-state index is 15.9. The van der Waals surface area contributed by atoms with Gasteiger partial charge in [-0.3, -0.25) is 4.79 Å². The van der Waals surface area contributed by atoms with Gasteiger partial charge < -0.3 is 110 Å². The Morgan fingerprint density at radius 2 is 1.39 bits per heavy atom. The molecule has 0 spiro atoms. The number of fused-ring (bicyclic) bond motifs is 7. The van der Waals surface area contributed by atoms with E-state index < -0.39 is 157 Å². The van der Waals surface area contributed by atoms with Gasteiger partial charge >= 0.3 is 11.9 Å². The van der Waals surface area contributed by atoms with Crippen LogP contribution in [0.25, 0.3) is 0 Å². The van der Waals surface area contributed by atoms with Crippen molar-refractivity contribution in [1.29, 1.82) is 0 Å². The Balaban J connectivity index is 1.03. The van der Waals surface area contributed by atoms with Crippen LogP contribution in [-0.4, -0.2) is 224 Å². The Bertz CT molecular complexity index is 2170. The lowest BCUT2D eigenvalue weighted by atomic mass is 9.33. The summed E-state index contributed by atoms with van der Waals surface area (Å²) in [6, 6.07) is 0. The highest BCUT2D eigenvalue weighted by atomic mass is 16.8. The van der Waals surface area contributed by atoms with Crippen molar-refractivity contribution < 1.29 is 115 Å². The fourth-order valence-corrected chi connectivity index (χ4v) is 17.0. The summed E-state index contributed by atoms with van der Waals surface area (Å²) in [5, 5.41) is 166. The van der Waals surface area contributed by atoms with E-state index in [1.54, 1.807) is 0 Å². The highest BCUT2D eigenvalue weighted by Crippen LogP contribution is 2.76. The normalized spacial score (nSPS) is 57.2. The number of aliphatic hydroxyl groups excluding tert-OH is 13. The molecule has 0 aromatic carbocycles. The molecule has 0 aromatic heterocycles. The third kappa shape index (κ3) is 8.33. The number of ether oxygens (including phenoxy) is 7. The molecule has 0 aromatic rings. The van der Waals surface area contributed by atoms with Gasteiger partial charge in [0.25, 0.3) is 5.79 Å². The van der Waals surface area contributed by atoms with Gasteiger partial charge in [-0.2, -0.15) is 0 Å². The molecule has 4 aliphatic heterocycles. The van der Waals surface area contributed by atoms with Crippen LogP contribution in [0, 0.1) is 56.7 Å². The van der Waals surface area contributed by atoms with Crippen molar-refractivity contribution in [2.45, 2.75) is 235 Å². The third-order valence-electron chi connectivity index (χ3n) is 22.0. The molecule has 4 heterocycles. The average Bonchev–Trinajstić information content (AvgIpc) is 3.37.